The van der Waals surface area contributed by atoms with Crippen molar-refractivity contribution in [2.24, 2.45) is 0 Å². The van der Waals surface area contributed by atoms with Crippen LogP contribution in [-0.2, 0) is 0 Å². The normalized spacial score (nSPS) is 14.8. The van der Waals surface area contributed by atoms with Gasteiger partial charge in [0.2, 0.25) is 0 Å². The molecule has 1 aliphatic carbocycles. The van der Waals surface area contributed by atoms with Gasteiger partial charge in [0.25, 0.3) is 0 Å². The third-order valence-electron chi connectivity index (χ3n) is 3.65. The SMILES string of the molecule is C(=Cc1ccc(-c2ccccc2)cc1)CCNC1CC1. The predicted molar refractivity (Wildman–Crippen MR) is 86.6 cm³/mol. The van der Waals surface area contributed by atoms with Crippen molar-refractivity contribution in [2.75, 3.05) is 6.54 Å². The van der Waals surface area contributed by atoms with E-state index in [-0.39, 0.29) is 0 Å². The Bertz CT molecular complexity index is 550. The van der Waals surface area contributed by atoms with Gasteiger partial charge in [-0.05, 0) is 42.5 Å². The Hall–Kier alpha value is -1.86. The van der Waals surface area contributed by atoms with E-state index in [0.29, 0.717) is 0 Å². The topological polar surface area (TPSA) is 12.0 Å². The zero-order valence-electron chi connectivity index (χ0n) is 11.8. The quantitative estimate of drug-likeness (QED) is 0.756. The van der Waals surface area contributed by atoms with Crippen molar-refractivity contribution < 1.29 is 0 Å². The Kier molecular flexibility index (Phi) is 4.29. The fraction of sp³-hybridized carbons (Fsp3) is 0.263. The number of rotatable bonds is 6. The molecule has 2 aromatic carbocycles. The fourth-order valence-corrected chi connectivity index (χ4v) is 2.29. The average molecular weight is 263 g/mol. The fourth-order valence-electron chi connectivity index (χ4n) is 2.29. The van der Waals surface area contributed by atoms with Crippen LogP contribution in [0.15, 0.2) is 60.7 Å². The summed E-state index contributed by atoms with van der Waals surface area (Å²) in [6.07, 6.45) is 8.31. The molecule has 1 nitrogen and oxygen atoms in total. The van der Waals surface area contributed by atoms with E-state index < -0.39 is 0 Å². The van der Waals surface area contributed by atoms with Crippen LogP contribution < -0.4 is 5.32 Å². The second-order valence-corrected chi connectivity index (χ2v) is 5.41. The summed E-state index contributed by atoms with van der Waals surface area (Å²) in [5.41, 5.74) is 3.82. The van der Waals surface area contributed by atoms with Crippen molar-refractivity contribution in [2.45, 2.75) is 25.3 Å². The molecule has 3 rings (SSSR count). The lowest BCUT2D eigenvalue weighted by Gasteiger charge is -2.02. The van der Waals surface area contributed by atoms with Crippen molar-refractivity contribution in [3.63, 3.8) is 0 Å². The Labute approximate surface area is 121 Å². The lowest BCUT2D eigenvalue weighted by Crippen LogP contribution is -2.16. The van der Waals surface area contributed by atoms with Crippen LogP contribution in [0.1, 0.15) is 24.8 Å². The maximum absolute atomic E-state index is 3.52. The minimum Gasteiger partial charge on any atom is -0.314 e. The first-order chi connectivity index (χ1) is 9.92. The summed E-state index contributed by atoms with van der Waals surface area (Å²) in [4.78, 5) is 0. The van der Waals surface area contributed by atoms with Gasteiger partial charge in [0.1, 0.15) is 0 Å². The molecule has 1 N–H and O–H groups in total. The van der Waals surface area contributed by atoms with E-state index in [4.69, 9.17) is 0 Å². The minimum atomic E-state index is 0.813. The van der Waals surface area contributed by atoms with Gasteiger partial charge < -0.3 is 5.32 Å². The molecule has 1 saturated carbocycles. The molecule has 0 radical (unpaired) electrons. The highest BCUT2D eigenvalue weighted by atomic mass is 14.9. The van der Waals surface area contributed by atoms with Gasteiger partial charge in [-0.25, -0.2) is 0 Å². The van der Waals surface area contributed by atoms with Crippen LogP contribution in [-0.4, -0.2) is 12.6 Å². The van der Waals surface area contributed by atoms with Crippen LogP contribution in [0.3, 0.4) is 0 Å². The first-order valence-corrected chi connectivity index (χ1v) is 7.47. The van der Waals surface area contributed by atoms with Crippen LogP contribution in [0.4, 0.5) is 0 Å². The van der Waals surface area contributed by atoms with Gasteiger partial charge in [0, 0.05) is 6.04 Å². The molecule has 0 unspecified atom stereocenters. The Morgan fingerprint density at radius 1 is 0.900 bits per heavy atom. The molecule has 0 bridgehead atoms. The van der Waals surface area contributed by atoms with Crippen molar-refractivity contribution in [1.82, 2.24) is 5.32 Å². The summed E-state index contributed by atoms with van der Waals surface area (Å²) < 4.78 is 0. The van der Waals surface area contributed by atoms with Gasteiger partial charge >= 0.3 is 0 Å². The van der Waals surface area contributed by atoms with E-state index >= 15 is 0 Å². The van der Waals surface area contributed by atoms with Gasteiger partial charge in [-0.15, -0.1) is 0 Å². The number of benzene rings is 2. The van der Waals surface area contributed by atoms with Crippen LogP contribution in [0.25, 0.3) is 17.2 Å². The molecule has 0 heterocycles. The molecule has 0 aromatic heterocycles. The monoisotopic (exact) mass is 263 g/mol. The smallest absolute Gasteiger partial charge is 0.00683 e. The first-order valence-electron chi connectivity index (χ1n) is 7.47. The maximum atomic E-state index is 3.52. The molecule has 0 aliphatic heterocycles. The van der Waals surface area contributed by atoms with Crippen LogP contribution in [0, 0.1) is 0 Å². The molecule has 0 spiro atoms. The summed E-state index contributed by atoms with van der Waals surface area (Å²) in [5, 5.41) is 3.52. The van der Waals surface area contributed by atoms with Crippen molar-refractivity contribution in [3.05, 3.63) is 66.2 Å². The molecule has 2 aromatic rings. The third kappa shape index (κ3) is 3.82. The van der Waals surface area contributed by atoms with E-state index in [1.165, 1.54) is 29.5 Å². The summed E-state index contributed by atoms with van der Waals surface area (Å²) in [6, 6.07) is 20.1. The highest BCUT2D eigenvalue weighted by Crippen LogP contribution is 2.20. The number of hydrogen-bond acceptors (Lipinski definition) is 1. The second-order valence-electron chi connectivity index (χ2n) is 5.41. The Morgan fingerprint density at radius 2 is 1.60 bits per heavy atom. The van der Waals surface area contributed by atoms with Crippen LogP contribution >= 0.6 is 0 Å². The molecule has 1 aliphatic rings. The Balaban J connectivity index is 1.54. The summed E-state index contributed by atoms with van der Waals surface area (Å²) in [6.45, 7) is 1.10. The molecular weight excluding hydrogens is 242 g/mol. The molecule has 1 heteroatoms. The lowest BCUT2D eigenvalue weighted by molar-refractivity contribution is 0.691. The van der Waals surface area contributed by atoms with Crippen molar-refractivity contribution in [3.8, 4) is 11.1 Å². The lowest BCUT2D eigenvalue weighted by atomic mass is 10.0. The van der Waals surface area contributed by atoms with E-state index in [0.717, 1.165) is 19.0 Å². The van der Waals surface area contributed by atoms with E-state index in [9.17, 15) is 0 Å². The van der Waals surface area contributed by atoms with E-state index in [1.807, 2.05) is 0 Å². The Morgan fingerprint density at radius 3 is 2.30 bits per heavy atom. The van der Waals surface area contributed by atoms with Crippen LogP contribution in [0.5, 0.6) is 0 Å². The molecule has 0 atom stereocenters. The summed E-state index contributed by atoms with van der Waals surface area (Å²) in [7, 11) is 0. The van der Waals surface area contributed by atoms with Gasteiger partial charge in [-0.3, -0.25) is 0 Å². The molecule has 20 heavy (non-hydrogen) atoms. The highest BCUT2D eigenvalue weighted by Gasteiger charge is 2.19. The molecule has 0 amide bonds. The predicted octanol–water partition coefficient (Wildman–Crippen LogP) is 4.51. The summed E-state index contributed by atoms with van der Waals surface area (Å²) in [5.74, 6) is 0. The van der Waals surface area contributed by atoms with E-state index in [1.54, 1.807) is 0 Å². The highest BCUT2D eigenvalue weighted by molar-refractivity contribution is 5.65. The average Bonchev–Trinajstić information content (AvgIpc) is 3.33. The minimum absolute atomic E-state index is 0.813. The molecule has 1 fully saturated rings. The standard InChI is InChI=1S/C19H21N/c1-2-7-17(8-3-1)18-11-9-16(10-12-18)6-4-5-15-20-19-13-14-19/h1-4,6-12,19-20H,5,13-15H2. The van der Waals surface area contributed by atoms with Gasteiger partial charge in [-0.1, -0.05) is 66.7 Å². The third-order valence-corrected chi connectivity index (χ3v) is 3.65. The van der Waals surface area contributed by atoms with E-state index in [2.05, 4.69) is 72.1 Å². The zero-order chi connectivity index (χ0) is 13.6. The first kappa shape index (κ1) is 13.1. The zero-order valence-corrected chi connectivity index (χ0v) is 11.8. The number of hydrogen-bond donors (Lipinski definition) is 1. The largest absolute Gasteiger partial charge is 0.314 e. The second kappa shape index (κ2) is 6.53. The molecule has 0 saturated heterocycles. The van der Waals surface area contributed by atoms with Gasteiger partial charge in [0.05, 0.1) is 0 Å². The maximum Gasteiger partial charge on any atom is 0.00683 e. The molecule has 102 valence electrons. The molecular formula is C19H21N. The number of nitrogens with one attached hydrogen (secondary N) is 1. The van der Waals surface area contributed by atoms with Gasteiger partial charge in [0.15, 0.2) is 0 Å². The van der Waals surface area contributed by atoms with Crippen molar-refractivity contribution in [1.29, 1.82) is 0 Å². The summed E-state index contributed by atoms with van der Waals surface area (Å²) >= 11 is 0. The van der Waals surface area contributed by atoms with Crippen molar-refractivity contribution >= 4 is 6.08 Å². The van der Waals surface area contributed by atoms with Gasteiger partial charge in [-0.2, -0.15) is 0 Å². The van der Waals surface area contributed by atoms with Crippen LogP contribution in [0.2, 0.25) is 0 Å².